The maximum atomic E-state index is 11.7. The Morgan fingerprint density at radius 1 is 0.558 bits per heavy atom. The van der Waals surface area contributed by atoms with E-state index in [9.17, 15) is 33.9 Å². The number of esters is 3. The van der Waals surface area contributed by atoms with Gasteiger partial charge in [0.25, 0.3) is 0 Å². The number of carbonyl (C=O) groups is 6. The summed E-state index contributed by atoms with van der Waals surface area (Å²) >= 11 is -0.293. The third-order valence-electron chi connectivity index (χ3n) is 11.0. The zero-order valence-corrected chi connectivity index (χ0v) is 49.3. The zero-order chi connectivity index (χ0) is 57.5. The van der Waals surface area contributed by atoms with Crippen molar-refractivity contribution in [2.24, 2.45) is 0 Å². The van der Waals surface area contributed by atoms with Crippen LogP contribution in [0, 0.1) is 37.0 Å². The number of halogens is 1. The number of ketones is 2. The normalized spacial score (nSPS) is 10.5. The van der Waals surface area contributed by atoms with Gasteiger partial charge in [0.15, 0.2) is 0 Å². The van der Waals surface area contributed by atoms with Gasteiger partial charge in [-0.05, 0) is 64.2 Å². The van der Waals surface area contributed by atoms with Crippen LogP contribution in [0.25, 0.3) is 0 Å². The Morgan fingerprint density at radius 3 is 1.43 bits per heavy atom. The number of aliphatic hydroxyl groups is 2. The van der Waals surface area contributed by atoms with Crippen LogP contribution in [0.5, 0.6) is 0 Å². The number of terminal acetylenes is 3. The standard InChI is InChI=1S/C22H22IO2P.C19H30O3.C9H16O2.C9H12O2.C5H8O2/c1-25-22(24)17-18-23-26(19-11-5-2-6-12-19,20-13-7-3-8-14-20)21-15-9-4-10-16-21;1-3-4-12-15-18(20)16-13-10-8-6-5-7-9-11-14-17-19(21)22-2;2*1-2-3-4-6-9(11)7-5-8-10;1-3-4-5(6)7-2/h2-16H,17-18H2,1H3;1,8,10H,4-7,9,11-17H2,2H3;1,9-11H,3-8H2;1,8H,3-7H2;3H,1,4H2,2H3/b;10-8-;;;. The molecule has 0 spiro atoms. The van der Waals surface area contributed by atoms with Gasteiger partial charge in [-0.3, -0.25) is 19.2 Å². The number of methoxy groups -OCH3 is 3. The van der Waals surface area contributed by atoms with E-state index in [1.165, 1.54) is 62.6 Å². The van der Waals surface area contributed by atoms with Gasteiger partial charge < -0.3 is 24.5 Å². The second kappa shape index (κ2) is 53.7. The molecule has 11 nitrogen and oxygen atoms in total. The summed E-state index contributed by atoms with van der Waals surface area (Å²) in [5.41, 5.74) is 0. The van der Waals surface area contributed by atoms with Crippen LogP contribution in [0.15, 0.2) is 116 Å². The zero-order valence-electron chi connectivity index (χ0n) is 46.3. The number of alkyl halides is 1. The van der Waals surface area contributed by atoms with Crippen LogP contribution in [0.3, 0.4) is 0 Å². The van der Waals surface area contributed by atoms with Gasteiger partial charge in [0, 0.05) is 64.4 Å². The average molecular weight is 1190 g/mol. The van der Waals surface area contributed by atoms with Gasteiger partial charge in [0.2, 0.25) is 0 Å². The molecule has 3 rings (SSSR count). The summed E-state index contributed by atoms with van der Waals surface area (Å²) in [6, 6.07) is 32.5. The SMILES string of the molecule is C#CCCCC(=O)CC/C=C\CCCCCCCC(=O)OC.C#CCCCC(=O)CCC=O.C#CCCCC(O)CCCO.C=CCC(=O)OC.COC(=O)CC[I-][P+](c1ccccc1)(c1ccccc1)c1ccccc1. The minimum atomic E-state index is -1.72. The quantitative estimate of drug-likeness (QED) is 0.00671. The van der Waals surface area contributed by atoms with Gasteiger partial charge in [-0.25, -0.2) is 0 Å². The second-order valence-electron chi connectivity index (χ2n) is 17.2. The number of allylic oxidation sites excluding steroid dienone is 2. The van der Waals surface area contributed by atoms with Crippen LogP contribution in [0.1, 0.15) is 154 Å². The number of hydrogen-bond donors (Lipinski definition) is 2. The van der Waals surface area contributed by atoms with Gasteiger partial charge in [-0.15, -0.1) is 43.6 Å². The van der Waals surface area contributed by atoms with Gasteiger partial charge >= 0.3 is 178 Å². The number of hydrogen-bond acceptors (Lipinski definition) is 11. The molecule has 3 aromatic carbocycles. The maximum absolute atomic E-state index is 11.7. The van der Waals surface area contributed by atoms with Crippen LogP contribution in [-0.4, -0.2) is 84.4 Å². The monoisotopic (exact) mass is 1190 g/mol. The number of aldehydes is 1. The molecule has 3 aromatic rings. The van der Waals surface area contributed by atoms with E-state index in [2.05, 4.69) is 137 Å². The molecule has 0 bridgehead atoms. The molecule has 1 atom stereocenters. The van der Waals surface area contributed by atoms with E-state index in [4.69, 9.17) is 29.1 Å². The van der Waals surface area contributed by atoms with E-state index in [0.29, 0.717) is 82.8 Å². The van der Waals surface area contributed by atoms with E-state index >= 15 is 0 Å². The third-order valence-corrected chi connectivity index (χ3v) is 24.7. The van der Waals surface area contributed by atoms with Crippen LogP contribution in [0.2, 0.25) is 0 Å². The first-order chi connectivity index (χ1) is 37.4. The Morgan fingerprint density at radius 2 is 0.987 bits per heavy atom. The molecule has 0 aliphatic heterocycles. The molecule has 0 aliphatic rings. The number of ether oxygens (including phenoxy) is 3. The molecule has 1 unspecified atom stereocenters. The molecule has 0 amide bonds. The summed E-state index contributed by atoms with van der Waals surface area (Å²) < 4.78 is 14.7. The van der Waals surface area contributed by atoms with E-state index in [0.717, 1.165) is 68.5 Å². The van der Waals surface area contributed by atoms with E-state index < -0.39 is 4.90 Å². The predicted molar refractivity (Wildman–Crippen MR) is 312 cm³/mol. The summed E-state index contributed by atoms with van der Waals surface area (Å²) in [7, 11) is 4.25. The van der Waals surface area contributed by atoms with Crippen molar-refractivity contribution in [2.75, 3.05) is 32.4 Å². The van der Waals surface area contributed by atoms with Crippen molar-refractivity contribution in [2.45, 2.75) is 160 Å². The van der Waals surface area contributed by atoms with Crippen LogP contribution in [-0.2, 0) is 43.0 Å². The van der Waals surface area contributed by atoms with Crippen molar-refractivity contribution in [1.29, 1.82) is 0 Å². The molecule has 0 aromatic heterocycles. The summed E-state index contributed by atoms with van der Waals surface area (Å²) in [6.45, 7) is 3.51. The van der Waals surface area contributed by atoms with E-state index in [1.807, 2.05) is 0 Å². The van der Waals surface area contributed by atoms with Crippen LogP contribution >= 0.6 is 4.90 Å². The molecule has 13 heteroatoms. The number of carbonyl (C=O) groups excluding carboxylic acids is 6. The number of rotatable bonds is 35. The minimum absolute atomic E-state index is 0.114. The third kappa shape index (κ3) is 41.1. The van der Waals surface area contributed by atoms with Crippen molar-refractivity contribution < 1.29 is 73.8 Å². The first-order valence-electron chi connectivity index (χ1n) is 26.6. The molecule has 0 radical (unpaired) electrons. The summed E-state index contributed by atoms with van der Waals surface area (Å²) in [5, 5.41) is 21.9. The molecule has 0 saturated heterocycles. The first-order valence-corrected chi connectivity index (χ1v) is 32.7. The fraction of sp³-hybridized carbons (Fsp3) is 0.469. The second-order valence-corrected chi connectivity index (χ2v) is 27.6. The molecule has 77 heavy (non-hydrogen) atoms. The van der Waals surface area contributed by atoms with Gasteiger partial charge in [0.1, 0.15) is 17.9 Å². The predicted octanol–water partition coefficient (Wildman–Crippen LogP) is 8.14. The molecule has 2 N–H and O–H groups in total. The van der Waals surface area contributed by atoms with Crippen LogP contribution < -0.4 is 36.6 Å². The molecule has 0 fully saturated rings. The Kier molecular flexibility index (Phi) is 51.2. The Labute approximate surface area is 473 Å². The molecule has 0 heterocycles. The Balaban J connectivity index is 0. The number of unbranched alkanes of at least 4 members (excludes halogenated alkanes) is 8. The number of aliphatic hydroxyl groups excluding tert-OH is 2. The van der Waals surface area contributed by atoms with Crippen molar-refractivity contribution in [3.05, 3.63) is 116 Å². The molecular formula is C64H88IO11P. The van der Waals surface area contributed by atoms with Gasteiger partial charge in [0.05, 0.1) is 26.7 Å². The molecule has 0 aliphatic carbocycles. The number of Topliss-reactive ketones (excluding diaryl/α,β-unsaturated/α-hetero) is 2. The summed E-state index contributed by atoms with van der Waals surface area (Å²) in [4.78, 5) is 63.2. The summed E-state index contributed by atoms with van der Waals surface area (Å²) in [5.74, 6) is 7.50. The van der Waals surface area contributed by atoms with E-state index in [1.54, 1.807) is 0 Å². The fourth-order valence-electron chi connectivity index (χ4n) is 6.90. The molecule has 0 saturated carbocycles. The first kappa shape index (κ1) is 73.4. The average Bonchev–Trinajstić information content (AvgIpc) is 3.46. The van der Waals surface area contributed by atoms with Gasteiger partial charge in [-0.2, -0.15) is 0 Å². The van der Waals surface area contributed by atoms with Crippen LogP contribution in [0.4, 0.5) is 0 Å². The Bertz CT molecular complexity index is 2060. The van der Waals surface area contributed by atoms with Gasteiger partial charge in [-0.1, -0.05) is 37.5 Å². The summed E-state index contributed by atoms with van der Waals surface area (Å²) in [6.07, 6.45) is 39.3. The van der Waals surface area contributed by atoms with Crippen molar-refractivity contribution in [3.8, 4) is 37.0 Å². The topological polar surface area (TPSA) is 171 Å². The number of benzene rings is 3. The fourth-order valence-corrected chi connectivity index (χ4v) is 20.1. The van der Waals surface area contributed by atoms with Crippen molar-refractivity contribution >= 4 is 56.6 Å². The molecule has 422 valence electrons. The van der Waals surface area contributed by atoms with E-state index in [-0.39, 0.29) is 57.1 Å². The Hall–Kier alpha value is -5.68. The van der Waals surface area contributed by atoms with Crippen molar-refractivity contribution in [1.82, 2.24) is 0 Å². The van der Waals surface area contributed by atoms with Crippen molar-refractivity contribution in [3.63, 3.8) is 0 Å². The molecular weight excluding hydrogens is 1100 g/mol.